The Kier molecular flexibility index (Phi) is 4.06. The van der Waals surface area contributed by atoms with Crippen LogP contribution < -0.4 is 11.2 Å². The molecule has 0 aliphatic carbocycles. The van der Waals surface area contributed by atoms with E-state index < -0.39 is 34.5 Å². The molecule has 0 aliphatic heterocycles. The van der Waals surface area contributed by atoms with Gasteiger partial charge < -0.3 is 10.3 Å². The molecule has 8 heteroatoms. The zero-order valence-corrected chi connectivity index (χ0v) is 13.4. The largest absolute Gasteiger partial charge is 0.416 e. The number of pyridine rings is 1. The third-order valence-electron chi connectivity index (χ3n) is 4.03. The van der Waals surface area contributed by atoms with Gasteiger partial charge in [-0.25, -0.2) is 4.39 Å². The maximum Gasteiger partial charge on any atom is 0.416 e. The molecule has 0 atom stereocenters. The van der Waals surface area contributed by atoms with E-state index in [9.17, 15) is 27.2 Å². The molecule has 3 aromatic rings. The second-order valence-corrected chi connectivity index (χ2v) is 5.77. The molecule has 0 spiro atoms. The summed E-state index contributed by atoms with van der Waals surface area (Å²) in [7, 11) is 0. The normalized spacial score (nSPS) is 11.7. The third kappa shape index (κ3) is 2.94. The first kappa shape index (κ1) is 17.7. The number of fused-ring (bicyclic) bond motifs is 1. The highest BCUT2D eigenvalue weighted by Crippen LogP contribution is 2.32. The minimum atomic E-state index is -4.57. The number of carbonyl (C=O) groups is 1. The Labute approximate surface area is 144 Å². The molecule has 1 amide bonds. The van der Waals surface area contributed by atoms with Crippen LogP contribution in [0.4, 0.5) is 17.6 Å². The van der Waals surface area contributed by atoms with Crippen molar-refractivity contribution < 1.29 is 22.4 Å². The maximum absolute atomic E-state index is 13.6. The van der Waals surface area contributed by atoms with Crippen molar-refractivity contribution in [1.29, 1.82) is 0 Å². The van der Waals surface area contributed by atoms with Crippen molar-refractivity contribution in [3.05, 3.63) is 75.3 Å². The Morgan fingerprint density at radius 2 is 1.81 bits per heavy atom. The number of primary amides is 1. The van der Waals surface area contributed by atoms with E-state index in [4.69, 9.17) is 5.73 Å². The van der Waals surface area contributed by atoms with Gasteiger partial charge in [-0.05, 0) is 42.8 Å². The second-order valence-electron chi connectivity index (χ2n) is 5.77. The number of rotatable bonds is 2. The predicted molar refractivity (Wildman–Crippen MR) is 87.8 cm³/mol. The van der Waals surface area contributed by atoms with Gasteiger partial charge in [0.05, 0.1) is 11.1 Å². The van der Waals surface area contributed by atoms with Gasteiger partial charge in [-0.15, -0.1) is 0 Å². The minimum absolute atomic E-state index is 0.0962. The van der Waals surface area contributed by atoms with E-state index in [-0.39, 0.29) is 16.6 Å². The van der Waals surface area contributed by atoms with Crippen LogP contribution in [0.1, 0.15) is 21.5 Å². The molecule has 4 nitrogen and oxygen atoms in total. The van der Waals surface area contributed by atoms with Crippen LogP contribution in [0, 0.1) is 12.7 Å². The molecule has 0 fully saturated rings. The standard InChI is InChI=1S/C18H12F4N2O2/c1-9-2-3-10(18(20,21)22)6-15(9)24-8-13(17(23)26)16(25)12-7-11(19)4-5-14(12)24/h2-8H,1H3,(H2,23,26). The van der Waals surface area contributed by atoms with Crippen molar-refractivity contribution in [2.45, 2.75) is 13.1 Å². The third-order valence-corrected chi connectivity index (χ3v) is 4.03. The quantitative estimate of drug-likeness (QED) is 0.707. The molecular formula is C18H12F4N2O2. The highest BCUT2D eigenvalue weighted by molar-refractivity contribution is 5.96. The Morgan fingerprint density at radius 3 is 2.42 bits per heavy atom. The molecular weight excluding hydrogens is 352 g/mol. The highest BCUT2D eigenvalue weighted by atomic mass is 19.4. The van der Waals surface area contributed by atoms with Crippen LogP contribution in [0.3, 0.4) is 0 Å². The number of nitrogens with zero attached hydrogens (tertiary/aromatic N) is 1. The van der Waals surface area contributed by atoms with Crippen molar-refractivity contribution >= 4 is 16.8 Å². The molecule has 2 aromatic carbocycles. The fourth-order valence-corrected chi connectivity index (χ4v) is 2.72. The van der Waals surface area contributed by atoms with Gasteiger partial charge in [0, 0.05) is 17.3 Å². The lowest BCUT2D eigenvalue weighted by atomic mass is 10.1. The first-order chi connectivity index (χ1) is 12.1. The van der Waals surface area contributed by atoms with Crippen molar-refractivity contribution in [2.75, 3.05) is 0 Å². The molecule has 0 radical (unpaired) electrons. The topological polar surface area (TPSA) is 65.1 Å². The molecule has 0 saturated heterocycles. The minimum Gasteiger partial charge on any atom is -0.365 e. The number of aromatic nitrogens is 1. The summed E-state index contributed by atoms with van der Waals surface area (Å²) < 4.78 is 54.0. The van der Waals surface area contributed by atoms with Gasteiger partial charge in [0.2, 0.25) is 5.43 Å². The summed E-state index contributed by atoms with van der Waals surface area (Å²) >= 11 is 0. The van der Waals surface area contributed by atoms with E-state index >= 15 is 0 Å². The van der Waals surface area contributed by atoms with Crippen LogP contribution in [0.5, 0.6) is 0 Å². The van der Waals surface area contributed by atoms with Gasteiger partial charge >= 0.3 is 6.18 Å². The Balaban J connectivity index is 2.44. The Morgan fingerprint density at radius 1 is 1.12 bits per heavy atom. The van der Waals surface area contributed by atoms with Crippen molar-refractivity contribution in [3.8, 4) is 5.69 Å². The number of alkyl halides is 3. The monoisotopic (exact) mass is 364 g/mol. The number of hydrogen-bond acceptors (Lipinski definition) is 2. The lowest BCUT2D eigenvalue weighted by Crippen LogP contribution is -2.24. The van der Waals surface area contributed by atoms with Crippen LogP contribution in [0.25, 0.3) is 16.6 Å². The zero-order valence-electron chi connectivity index (χ0n) is 13.4. The molecule has 0 saturated carbocycles. The summed E-state index contributed by atoms with van der Waals surface area (Å²) in [6, 6.07) is 6.35. The Bertz CT molecular complexity index is 1100. The van der Waals surface area contributed by atoms with Crippen LogP contribution in [0.2, 0.25) is 0 Å². The fourth-order valence-electron chi connectivity index (χ4n) is 2.72. The summed E-state index contributed by atoms with van der Waals surface area (Å²) in [5.41, 5.74) is 3.79. The van der Waals surface area contributed by atoms with Gasteiger partial charge in [0.1, 0.15) is 11.4 Å². The highest BCUT2D eigenvalue weighted by Gasteiger charge is 2.31. The predicted octanol–water partition coefficient (Wildman–Crippen LogP) is 3.56. The maximum atomic E-state index is 13.6. The molecule has 134 valence electrons. The Hall–Kier alpha value is -3.16. The molecule has 0 aliphatic rings. The van der Waals surface area contributed by atoms with Crippen LogP contribution >= 0.6 is 0 Å². The number of nitrogens with two attached hydrogens (primary N) is 1. The number of carbonyl (C=O) groups excluding carboxylic acids is 1. The van der Waals surface area contributed by atoms with Gasteiger partial charge in [0.15, 0.2) is 0 Å². The van der Waals surface area contributed by atoms with Gasteiger partial charge in [-0.2, -0.15) is 13.2 Å². The summed E-state index contributed by atoms with van der Waals surface area (Å²) in [6.45, 7) is 1.58. The van der Waals surface area contributed by atoms with E-state index in [1.54, 1.807) is 6.92 Å². The number of aryl methyl sites for hydroxylation is 1. The average Bonchev–Trinajstić information content (AvgIpc) is 2.55. The number of amides is 1. The van der Waals surface area contributed by atoms with Crippen LogP contribution in [-0.2, 0) is 6.18 Å². The van der Waals surface area contributed by atoms with E-state index in [0.29, 0.717) is 5.56 Å². The van der Waals surface area contributed by atoms with Gasteiger partial charge in [-0.3, -0.25) is 9.59 Å². The molecule has 0 bridgehead atoms. The van der Waals surface area contributed by atoms with Crippen molar-refractivity contribution in [3.63, 3.8) is 0 Å². The van der Waals surface area contributed by atoms with Crippen molar-refractivity contribution in [1.82, 2.24) is 4.57 Å². The second kappa shape index (κ2) is 5.98. The molecule has 0 unspecified atom stereocenters. The molecule has 1 heterocycles. The van der Waals surface area contributed by atoms with Gasteiger partial charge in [0.25, 0.3) is 5.91 Å². The number of hydrogen-bond donors (Lipinski definition) is 1. The first-order valence-corrected chi connectivity index (χ1v) is 7.42. The van der Waals surface area contributed by atoms with Crippen LogP contribution in [-0.4, -0.2) is 10.5 Å². The fraction of sp³-hybridized carbons (Fsp3) is 0.111. The van der Waals surface area contributed by atoms with Crippen molar-refractivity contribution in [2.24, 2.45) is 5.73 Å². The lowest BCUT2D eigenvalue weighted by molar-refractivity contribution is -0.137. The SMILES string of the molecule is Cc1ccc(C(F)(F)F)cc1-n1cc(C(N)=O)c(=O)c2cc(F)ccc21. The summed E-state index contributed by atoms with van der Waals surface area (Å²) in [5.74, 6) is -1.77. The summed E-state index contributed by atoms with van der Waals surface area (Å²) in [6.07, 6.45) is -3.50. The first-order valence-electron chi connectivity index (χ1n) is 7.42. The van der Waals surface area contributed by atoms with E-state index in [1.165, 1.54) is 16.7 Å². The van der Waals surface area contributed by atoms with E-state index in [0.717, 1.165) is 30.5 Å². The molecule has 3 rings (SSSR count). The van der Waals surface area contributed by atoms with E-state index in [2.05, 4.69) is 0 Å². The molecule has 2 N–H and O–H groups in total. The summed E-state index contributed by atoms with van der Waals surface area (Å²) in [4.78, 5) is 23.9. The zero-order chi connectivity index (χ0) is 19.2. The number of benzene rings is 2. The average molecular weight is 364 g/mol. The molecule has 1 aromatic heterocycles. The van der Waals surface area contributed by atoms with E-state index in [1.807, 2.05) is 0 Å². The summed E-state index contributed by atoms with van der Waals surface area (Å²) in [5, 5.41) is -0.155. The lowest BCUT2D eigenvalue weighted by Gasteiger charge is -2.17. The molecule has 26 heavy (non-hydrogen) atoms. The van der Waals surface area contributed by atoms with Crippen LogP contribution in [0.15, 0.2) is 47.4 Å². The smallest absolute Gasteiger partial charge is 0.365 e. The van der Waals surface area contributed by atoms with Gasteiger partial charge in [-0.1, -0.05) is 6.07 Å². The number of halogens is 4.